The molecule has 1 unspecified atom stereocenters. The topological polar surface area (TPSA) is 42.7 Å². The van der Waals surface area contributed by atoms with Crippen LogP contribution in [0.15, 0.2) is 65.1 Å². The van der Waals surface area contributed by atoms with Crippen LogP contribution in [0.4, 0.5) is 0 Å². The highest BCUT2D eigenvalue weighted by molar-refractivity contribution is 5.92. The Hall–Kier alpha value is -3.01. The minimum atomic E-state index is -0.153. The van der Waals surface area contributed by atoms with Crippen molar-refractivity contribution in [1.29, 1.82) is 0 Å². The lowest BCUT2D eigenvalue weighted by Gasteiger charge is -2.21. The van der Waals surface area contributed by atoms with Gasteiger partial charge in [-0.05, 0) is 49.8 Å². The third-order valence-corrected chi connectivity index (χ3v) is 4.39. The van der Waals surface area contributed by atoms with E-state index in [2.05, 4.69) is 0 Å². The molecule has 2 aromatic carbocycles. The van der Waals surface area contributed by atoms with Gasteiger partial charge in [0.25, 0.3) is 0 Å². The minimum absolute atomic E-state index is 0.0770. The van der Waals surface area contributed by atoms with Crippen LogP contribution in [-0.4, -0.2) is 24.5 Å². The second-order valence-electron chi connectivity index (χ2n) is 6.15. The second-order valence-corrected chi connectivity index (χ2v) is 6.15. The highest BCUT2D eigenvalue weighted by atomic mass is 16.5. The van der Waals surface area contributed by atoms with E-state index in [0.29, 0.717) is 6.61 Å². The Morgan fingerprint density at radius 2 is 1.92 bits per heavy atom. The third kappa shape index (κ3) is 3.97. The van der Waals surface area contributed by atoms with Gasteiger partial charge >= 0.3 is 0 Å². The van der Waals surface area contributed by atoms with Crippen molar-refractivity contribution in [3.05, 3.63) is 72.0 Å². The first kappa shape index (κ1) is 17.8. The Balaban J connectivity index is 1.68. The number of hydrogen-bond acceptors (Lipinski definition) is 3. The first-order valence-corrected chi connectivity index (χ1v) is 8.74. The van der Waals surface area contributed by atoms with Crippen LogP contribution in [0.5, 0.6) is 5.75 Å². The molecule has 0 radical (unpaired) electrons. The van der Waals surface area contributed by atoms with E-state index in [4.69, 9.17) is 9.15 Å². The predicted octanol–water partition coefficient (Wildman–Crippen LogP) is 5.06. The number of para-hydroxylation sites is 1. The minimum Gasteiger partial charge on any atom is -0.494 e. The van der Waals surface area contributed by atoms with Gasteiger partial charge in [0, 0.05) is 18.5 Å². The monoisotopic (exact) mass is 349 g/mol. The number of fused-ring (bicyclic) bond motifs is 1. The molecular weight excluding hydrogens is 326 g/mol. The highest BCUT2D eigenvalue weighted by Crippen LogP contribution is 2.26. The number of likely N-dealkylation sites (N-methyl/N-ethyl adjacent to an activating group) is 1. The number of ether oxygens (including phenoxy) is 1. The molecule has 0 aliphatic heterocycles. The standard InChI is InChI=1S/C22H23NO3/c1-4-25-19-12-9-17(10-13-19)11-14-22(24)23(3)16(2)21-15-18-7-5-6-8-20(18)26-21/h5-16H,4H2,1-3H3/b14-11+. The average molecular weight is 349 g/mol. The predicted molar refractivity (Wildman–Crippen MR) is 104 cm³/mol. The molecule has 1 aromatic heterocycles. The van der Waals surface area contributed by atoms with E-state index in [-0.39, 0.29) is 11.9 Å². The van der Waals surface area contributed by atoms with Gasteiger partial charge in [-0.2, -0.15) is 0 Å². The van der Waals surface area contributed by atoms with E-state index >= 15 is 0 Å². The van der Waals surface area contributed by atoms with Gasteiger partial charge in [0.05, 0.1) is 12.6 Å². The van der Waals surface area contributed by atoms with Gasteiger partial charge in [-0.25, -0.2) is 0 Å². The summed E-state index contributed by atoms with van der Waals surface area (Å²) in [6, 6.07) is 17.3. The first-order valence-electron chi connectivity index (χ1n) is 8.74. The van der Waals surface area contributed by atoms with Crippen molar-refractivity contribution in [2.24, 2.45) is 0 Å². The Morgan fingerprint density at radius 1 is 1.19 bits per heavy atom. The molecule has 0 N–H and O–H groups in total. The Kier molecular flexibility index (Phi) is 5.42. The van der Waals surface area contributed by atoms with Crippen molar-refractivity contribution in [3.8, 4) is 5.75 Å². The lowest BCUT2D eigenvalue weighted by Crippen LogP contribution is -2.27. The number of furan rings is 1. The number of amides is 1. The Bertz CT molecular complexity index is 876. The zero-order chi connectivity index (χ0) is 18.5. The summed E-state index contributed by atoms with van der Waals surface area (Å²) in [7, 11) is 1.78. The summed E-state index contributed by atoms with van der Waals surface area (Å²) in [5.74, 6) is 1.52. The summed E-state index contributed by atoms with van der Waals surface area (Å²) in [5, 5.41) is 1.04. The molecule has 0 aliphatic rings. The van der Waals surface area contributed by atoms with Gasteiger partial charge in [-0.15, -0.1) is 0 Å². The van der Waals surface area contributed by atoms with Crippen LogP contribution in [0.2, 0.25) is 0 Å². The van der Waals surface area contributed by atoms with Crippen LogP contribution in [0.1, 0.15) is 31.2 Å². The summed E-state index contributed by atoms with van der Waals surface area (Å²) >= 11 is 0. The Morgan fingerprint density at radius 3 is 2.62 bits per heavy atom. The average Bonchev–Trinajstić information content (AvgIpc) is 3.10. The van der Waals surface area contributed by atoms with Crippen LogP contribution in [-0.2, 0) is 4.79 Å². The molecule has 0 saturated heterocycles. The molecule has 4 heteroatoms. The lowest BCUT2D eigenvalue weighted by molar-refractivity contribution is -0.126. The van der Waals surface area contributed by atoms with Crippen molar-refractivity contribution in [2.75, 3.05) is 13.7 Å². The van der Waals surface area contributed by atoms with Crippen molar-refractivity contribution in [3.63, 3.8) is 0 Å². The van der Waals surface area contributed by atoms with Gasteiger partial charge in [-0.1, -0.05) is 30.3 Å². The molecule has 1 heterocycles. The number of hydrogen-bond donors (Lipinski definition) is 0. The van der Waals surface area contributed by atoms with Crippen LogP contribution in [0.25, 0.3) is 17.0 Å². The largest absolute Gasteiger partial charge is 0.494 e. The molecule has 0 aliphatic carbocycles. The SMILES string of the molecule is CCOc1ccc(/C=C/C(=O)N(C)C(C)c2cc3ccccc3o2)cc1. The molecule has 26 heavy (non-hydrogen) atoms. The van der Waals surface area contributed by atoms with Gasteiger partial charge in [0.2, 0.25) is 5.91 Å². The normalized spacial score (nSPS) is 12.4. The van der Waals surface area contributed by atoms with E-state index < -0.39 is 0 Å². The highest BCUT2D eigenvalue weighted by Gasteiger charge is 2.19. The lowest BCUT2D eigenvalue weighted by atomic mass is 10.1. The molecule has 3 aromatic rings. The number of benzene rings is 2. The zero-order valence-electron chi connectivity index (χ0n) is 15.3. The first-order chi connectivity index (χ1) is 12.6. The van der Waals surface area contributed by atoms with Crippen LogP contribution < -0.4 is 4.74 Å². The van der Waals surface area contributed by atoms with E-state index in [1.165, 1.54) is 0 Å². The molecule has 0 bridgehead atoms. The van der Waals surface area contributed by atoms with E-state index in [0.717, 1.165) is 28.0 Å². The van der Waals surface area contributed by atoms with Crippen molar-refractivity contribution in [1.82, 2.24) is 4.90 Å². The van der Waals surface area contributed by atoms with Gasteiger partial charge in [0.1, 0.15) is 17.1 Å². The quantitative estimate of drug-likeness (QED) is 0.584. The number of carbonyl (C=O) groups excluding carboxylic acids is 1. The van der Waals surface area contributed by atoms with E-state index in [9.17, 15) is 4.79 Å². The maximum Gasteiger partial charge on any atom is 0.246 e. The molecule has 134 valence electrons. The second kappa shape index (κ2) is 7.91. The van der Waals surface area contributed by atoms with E-state index in [1.54, 1.807) is 24.1 Å². The molecule has 0 spiro atoms. The summed E-state index contributed by atoms with van der Waals surface area (Å²) in [6.07, 6.45) is 3.38. The van der Waals surface area contributed by atoms with Gasteiger partial charge in [0.15, 0.2) is 0 Å². The molecule has 0 saturated carbocycles. The molecule has 1 amide bonds. The van der Waals surface area contributed by atoms with Crippen molar-refractivity contribution in [2.45, 2.75) is 19.9 Å². The van der Waals surface area contributed by atoms with E-state index in [1.807, 2.05) is 68.4 Å². The Labute approximate surface area is 153 Å². The fraction of sp³-hybridized carbons (Fsp3) is 0.227. The maximum atomic E-state index is 12.5. The summed E-state index contributed by atoms with van der Waals surface area (Å²) < 4.78 is 11.3. The molecule has 1 atom stereocenters. The van der Waals surface area contributed by atoms with Crippen LogP contribution in [0.3, 0.4) is 0 Å². The van der Waals surface area contributed by atoms with Gasteiger partial charge in [-0.3, -0.25) is 4.79 Å². The fourth-order valence-corrected chi connectivity index (χ4v) is 2.72. The molecular formula is C22H23NO3. The van der Waals surface area contributed by atoms with Crippen LogP contribution in [0, 0.1) is 0 Å². The number of rotatable bonds is 6. The summed E-state index contributed by atoms with van der Waals surface area (Å²) in [5.41, 5.74) is 1.78. The van der Waals surface area contributed by atoms with Gasteiger partial charge < -0.3 is 14.1 Å². The summed E-state index contributed by atoms with van der Waals surface area (Å²) in [6.45, 7) is 4.55. The number of carbonyl (C=O) groups is 1. The maximum absolute atomic E-state index is 12.5. The van der Waals surface area contributed by atoms with Crippen molar-refractivity contribution >= 4 is 23.0 Å². The molecule has 3 rings (SSSR count). The van der Waals surface area contributed by atoms with Crippen LogP contribution >= 0.6 is 0 Å². The summed E-state index contributed by atoms with van der Waals surface area (Å²) in [4.78, 5) is 14.2. The molecule has 0 fully saturated rings. The smallest absolute Gasteiger partial charge is 0.246 e. The third-order valence-electron chi connectivity index (χ3n) is 4.39. The fourth-order valence-electron chi connectivity index (χ4n) is 2.72. The molecule has 4 nitrogen and oxygen atoms in total. The number of nitrogens with zero attached hydrogens (tertiary/aromatic N) is 1. The van der Waals surface area contributed by atoms with Crippen molar-refractivity contribution < 1.29 is 13.9 Å². The zero-order valence-corrected chi connectivity index (χ0v) is 15.3.